The molecule has 0 aliphatic heterocycles. The van der Waals surface area contributed by atoms with Gasteiger partial charge < -0.3 is 4.90 Å². The van der Waals surface area contributed by atoms with E-state index in [9.17, 15) is 4.79 Å². The van der Waals surface area contributed by atoms with Gasteiger partial charge in [-0.2, -0.15) is 11.8 Å². The third-order valence-corrected chi connectivity index (χ3v) is 3.63. The molecule has 17 heavy (non-hydrogen) atoms. The minimum absolute atomic E-state index is 0.0465. The number of rotatable bonds is 6. The molecule has 0 saturated heterocycles. The van der Waals surface area contributed by atoms with Gasteiger partial charge in [0.2, 0.25) is 5.91 Å². The summed E-state index contributed by atoms with van der Waals surface area (Å²) in [5, 5.41) is 0.0465. The summed E-state index contributed by atoms with van der Waals surface area (Å²) in [5.41, 5.74) is 1.20. The molecule has 0 spiro atoms. The lowest BCUT2D eigenvalue weighted by Crippen LogP contribution is -2.36. The molecule has 0 radical (unpaired) electrons. The average Bonchev–Trinajstić information content (AvgIpc) is 2.37. The Labute approximate surface area is 108 Å². The van der Waals surface area contributed by atoms with E-state index < -0.39 is 0 Å². The van der Waals surface area contributed by atoms with Crippen LogP contribution in [0.25, 0.3) is 0 Å². The maximum absolute atomic E-state index is 12.2. The van der Waals surface area contributed by atoms with Crippen molar-refractivity contribution in [1.29, 1.82) is 0 Å². The number of hydrogen-bond acceptors (Lipinski definition) is 2. The third kappa shape index (κ3) is 4.43. The number of carbonyl (C=O) groups is 1. The summed E-state index contributed by atoms with van der Waals surface area (Å²) in [6.45, 7) is 5.63. The van der Waals surface area contributed by atoms with Gasteiger partial charge in [0.1, 0.15) is 0 Å². The molecule has 0 aliphatic carbocycles. The highest BCUT2D eigenvalue weighted by Gasteiger charge is 2.18. The predicted octanol–water partition coefficient (Wildman–Crippen LogP) is 3.18. The zero-order valence-electron chi connectivity index (χ0n) is 10.8. The van der Waals surface area contributed by atoms with E-state index in [0.29, 0.717) is 0 Å². The van der Waals surface area contributed by atoms with Gasteiger partial charge in [-0.25, -0.2) is 0 Å². The number of thioether (sulfide) groups is 1. The number of nitrogens with zero attached hydrogens (tertiary/aromatic N) is 1. The van der Waals surface area contributed by atoms with Gasteiger partial charge >= 0.3 is 0 Å². The van der Waals surface area contributed by atoms with Gasteiger partial charge in [-0.1, -0.05) is 37.3 Å². The second-order valence-electron chi connectivity index (χ2n) is 4.12. The van der Waals surface area contributed by atoms with Crippen LogP contribution in [0, 0.1) is 0 Å². The Morgan fingerprint density at radius 1 is 1.35 bits per heavy atom. The molecule has 0 bridgehead atoms. The summed E-state index contributed by atoms with van der Waals surface area (Å²) < 4.78 is 0. The van der Waals surface area contributed by atoms with Crippen LogP contribution >= 0.6 is 11.8 Å². The molecule has 94 valence electrons. The van der Waals surface area contributed by atoms with E-state index >= 15 is 0 Å². The van der Waals surface area contributed by atoms with E-state index in [1.54, 1.807) is 11.8 Å². The van der Waals surface area contributed by atoms with E-state index in [1.807, 2.05) is 36.3 Å². The molecular weight excluding hydrogens is 230 g/mol. The largest absolute Gasteiger partial charge is 0.337 e. The van der Waals surface area contributed by atoms with Gasteiger partial charge in [-0.15, -0.1) is 0 Å². The van der Waals surface area contributed by atoms with Crippen LogP contribution in [0.3, 0.4) is 0 Å². The van der Waals surface area contributed by atoms with Crippen LogP contribution in [-0.2, 0) is 11.3 Å². The molecule has 1 rings (SSSR count). The fraction of sp³-hybridized carbons (Fsp3) is 0.500. The second-order valence-corrected chi connectivity index (χ2v) is 5.30. The summed E-state index contributed by atoms with van der Waals surface area (Å²) in [7, 11) is 0. The van der Waals surface area contributed by atoms with Crippen LogP contribution in [0.5, 0.6) is 0 Å². The summed E-state index contributed by atoms with van der Waals surface area (Å²) >= 11 is 1.61. The predicted molar refractivity (Wildman–Crippen MR) is 75.1 cm³/mol. The van der Waals surface area contributed by atoms with Crippen molar-refractivity contribution in [2.45, 2.75) is 32.1 Å². The first-order valence-corrected chi connectivity index (χ1v) is 7.33. The molecule has 2 nitrogen and oxygen atoms in total. The van der Waals surface area contributed by atoms with Gasteiger partial charge in [0, 0.05) is 13.1 Å². The second kappa shape index (κ2) is 7.38. The van der Waals surface area contributed by atoms with Crippen molar-refractivity contribution in [1.82, 2.24) is 4.90 Å². The maximum Gasteiger partial charge on any atom is 0.235 e. The van der Waals surface area contributed by atoms with Crippen molar-refractivity contribution >= 4 is 17.7 Å². The van der Waals surface area contributed by atoms with Crippen LogP contribution in [0.1, 0.15) is 25.8 Å². The Balaban J connectivity index is 2.69. The lowest BCUT2D eigenvalue weighted by atomic mass is 10.2. The number of hydrogen-bond donors (Lipinski definition) is 0. The van der Waals surface area contributed by atoms with E-state index in [-0.39, 0.29) is 11.2 Å². The monoisotopic (exact) mass is 251 g/mol. The molecule has 0 fully saturated rings. The van der Waals surface area contributed by atoms with Crippen LogP contribution < -0.4 is 0 Å². The van der Waals surface area contributed by atoms with Crippen LogP contribution in [-0.4, -0.2) is 28.9 Å². The number of amides is 1. The lowest BCUT2D eigenvalue weighted by molar-refractivity contribution is -0.130. The van der Waals surface area contributed by atoms with Gasteiger partial charge in [-0.05, 0) is 25.2 Å². The molecule has 1 aromatic carbocycles. The van der Waals surface area contributed by atoms with Gasteiger partial charge in [-0.3, -0.25) is 4.79 Å². The van der Waals surface area contributed by atoms with Crippen LogP contribution in [0.4, 0.5) is 0 Å². The summed E-state index contributed by atoms with van der Waals surface area (Å²) in [6.07, 6.45) is 2.98. The van der Waals surface area contributed by atoms with Crippen molar-refractivity contribution < 1.29 is 4.79 Å². The summed E-state index contributed by atoms with van der Waals surface area (Å²) in [4.78, 5) is 14.1. The lowest BCUT2D eigenvalue weighted by Gasteiger charge is -2.24. The minimum atomic E-state index is 0.0465. The van der Waals surface area contributed by atoms with Gasteiger partial charge in [0.05, 0.1) is 5.25 Å². The number of benzene rings is 1. The molecule has 0 heterocycles. The summed E-state index contributed by atoms with van der Waals surface area (Å²) in [5.74, 6) is 0.239. The van der Waals surface area contributed by atoms with Gasteiger partial charge in [0.25, 0.3) is 0 Å². The fourth-order valence-electron chi connectivity index (χ4n) is 1.70. The smallest absolute Gasteiger partial charge is 0.235 e. The Morgan fingerprint density at radius 3 is 2.53 bits per heavy atom. The topological polar surface area (TPSA) is 20.3 Å². The Morgan fingerprint density at radius 2 is 2.00 bits per heavy atom. The van der Waals surface area contributed by atoms with Crippen LogP contribution in [0.15, 0.2) is 30.3 Å². The zero-order valence-corrected chi connectivity index (χ0v) is 11.7. The van der Waals surface area contributed by atoms with Crippen molar-refractivity contribution in [2.75, 3.05) is 12.8 Å². The molecular formula is C14H21NOS. The van der Waals surface area contributed by atoms with E-state index in [2.05, 4.69) is 19.1 Å². The van der Waals surface area contributed by atoms with Gasteiger partial charge in [0.15, 0.2) is 0 Å². The molecule has 0 N–H and O–H groups in total. The Kier molecular flexibility index (Phi) is 6.12. The first-order chi connectivity index (χ1) is 8.19. The molecule has 0 aromatic heterocycles. The molecule has 0 aliphatic rings. The van der Waals surface area contributed by atoms with E-state index in [0.717, 1.165) is 19.5 Å². The highest BCUT2D eigenvalue weighted by atomic mass is 32.2. The Hall–Kier alpha value is -0.960. The molecule has 1 unspecified atom stereocenters. The first-order valence-electron chi connectivity index (χ1n) is 6.04. The normalized spacial score (nSPS) is 12.2. The Bertz CT molecular complexity index is 339. The fourth-order valence-corrected chi connectivity index (χ4v) is 2.05. The zero-order chi connectivity index (χ0) is 12.7. The minimum Gasteiger partial charge on any atom is -0.337 e. The number of carbonyl (C=O) groups excluding carboxylic acids is 1. The van der Waals surface area contributed by atoms with Crippen molar-refractivity contribution in [3.63, 3.8) is 0 Å². The maximum atomic E-state index is 12.2. The highest BCUT2D eigenvalue weighted by molar-refractivity contribution is 7.99. The SMILES string of the molecule is CCCN(Cc1ccccc1)C(=O)C(C)SC. The van der Waals surface area contributed by atoms with E-state index in [4.69, 9.17) is 0 Å². The molecule has 0 saturated carbocycles. The molecule has 1 aromatic rings. The first kappa shape index (κ1) is 14.1. The van der Waals surface area contributed by atoms with Crippen LogP contribution in [0.2, 0.25) is 0 Å². The average molecular weight is 251 g/mol. The summed E-state index contributed by atoms with van der Waals surface area (Å²) in [6, 6.07) is 10.2. The standard InChI is InChI=1S/C14H21NOS/c1-4-10-15(14(16)12(2)17-3)11-13-8-6-5-7-9-13/h5-9,12H,4,10-11H2,1-3H3. The quantitative estimate of drug-likeness (QED) is 0.774. The van der Waals surface area contributed by atoms with E-state index in [1.165, 1.54) is 5.56 Å². The molecule has 3 heteroatoms. The highest BCUT2D eigenvalue weighted by Crippen LogP contribution is 2.13. The van der Waals surface area contributed by atoms with Crippen molar-refractivity contribution in [2.24, 2.45) is 0 Å². The molecule has 1 amide bonds. The van der Waals surface area contributed by atoms with Crippen molar-refractivity contribution in [3.8, 4) is 0 Å². The third-order valence-electron chi connectivity index (χ3n) is 2.72. The molecule has 1 atom stereocenters. The van der Waals surface area contributed by atoms with Crippen molar-refractivity contribution in [3.05, 3.63) is 35.9 Å².